The number of fused-ring (bicyclic) bond motifs is 24. The molecule has 3 saturated heterocycles. The van der Waals surface area contributed by atoms with Crippen LogP contribution in [0.1, 0.15) is 92.3 Å². The van der Waals surface area contributed by atoms with Gasteiger partial charge in [-0.25, -0.2) is 39.5 Å². The Morgan fingerprint density at radius 1 is 0.452 bits per heavy atom. The van der Waals surface area contributed by atoms with Crippen molar-refractivity contribution in [2.75, 3.05) is 72.6 Å². The van der Waals surface area contributed by atoms with Crippen molar-refractivity contribution in [2.45, 2.75) is 108 Å². The summed E-state index contributed by atoms with van der Waals surface area (Å²) in [5.74, 6) is 2.05. The zero-order chi connectivity index (χ0) is 72.8. The molecular weight excluding hydrogens is 1330 g/mol. The summed E-state index contributed by atoms with van der Waals surface area (Å²) in [5.41, 5.74) is 21.9. The molecule has 28 nitrogen and oxygen atoms in total. The van der Waals surface area contributed by atoms with Gasteiger partial charge in [-0.1, -0.05) is 72.8 Å². The average molecular weight is 1410 g/mol. The van der Waals surface area contributed by atoms with Crippen LogP contribution in [0.5, 0.6) is 34.5 Å². The maximum atomic E-state index is 13.2. The van der Waals surface area contributed by atoms with E-state index >= 15 is 0 Å². The highest BCUT2D eigenvalue weighted by atomic mass is 16.6. The van der Waals surface area contributed by atoms with Crippen LogP contribution in [-0.4, -0.2) is 157 Å². The van der Waals surface area contributed by atoms with E-state index in [-0.39, 0.29) is 84.2 Å². The first-order valence-electron chi connectivity index (χ1n) is 34.0. The third-order valence-electron chi connectivity index (χ3n) is 17.2. The number of nitrogens with one attached hydrogen (secondary N) is 4. The fourth-order valence-electron chi connectivity index (χ4n) is 12.4. The summed E-state index contributed by atoms with van der Waals surface area (Å²) < 4.78 is 48.3. The Morgan fingerprint density at radius 3 is 1.16 bits per heavy atom. The van der Waals surface area contributed by atoms with Gasteiger partial charge in [0.15, 0.2) is 34.5 Å². The number of benzene rings is 6. The molecule has 6 aliphatic heterocycles. The van der Waals surface area contributed by atoms with Crippen LogP contribution >= 0.6 is 0 Å². The molecule has 0 saturated carbocycles. The maximum absolute atomic E-state index is 13.2. The number of aromatic nitrogens is 6. The number of hydrogen-bond acceptors (Lipinski definition) is 23. The van der Waals surface area contributed by atoms with Gasteiger partial charge < -0.3 is 76.4 Å². The van der Waals surface area contributed by atoms with Gasteiger partial charge >= 0.3 is 12.2 Å². The molecule has 6 atom stereocenters. The van der Waals surface area contributed by atoms with Crippen molar-refractivity contribution >= 4 is 64.4 Å². The molecule has 6 aliphatic rings. The minimum atomic E-state index is -0.640. The third kappa shape index (κ3) is 17.0. The molecule has 0 unspecified atom stereocenters. The summed E-state index contributed by atoms with van der Waals surface area (Å²) >= 11 is 0. The van der Waals surface area contributed by atoms with Gasteiger partial charge in [0.1, 0.15) is 83.8 Å². The van der Waals surface area contributed by atoms with Crippen LogP contribution in [0, 0.1) is 0 Å². The number of nitrogen functional groups attached to an aromatic ring is 3. The average Bonchev–Trinajstić information content (AvgIpc) is 1.83. The largest absolute Gasteiger partial charge is 0.492 e. The Bertz CT molecular complexity index is 4500. The molecule has 3 aromatic heterocycles. The molecule has 15 rings (SSSR count). The standard InChI is InChI=1S/2C27H29N5O5.C22H21N5O3/c2*1-27(2,3)37-26(34)32-14-19-12-17(32)15-35-18-8-6-7-16(11-18)21-13-29-24(28)23(30-21)25(33)31-20-9-4-5-10-22(20)36-19;23-21-20-22(28)27-17-6-1-2-7-19(17)30-16-9-14(24-10-16)12-29-15-5-3-4-13(8-15)18(26-20)11-25-21/h2*4-11,13,17,19H,12,14-15H2,1-3H3,(H2,28,29)(H,31,33);1-8,11,14,16,24H,9-10,12H2,(H2,23,25)(H,27,28)/t17-,19+;17-,19-;14-,16+/m111/s1. The van der Waals surface area contributed by atoms with Gasteiger partial charge in [-0.3, -0.25) is 24.2 Å². The molecule has 28 heteroatoms. The highest BCUT2D eigenvalue weighted by Crippen LogP contribution is 2.36. The van der Waals surface area contributed by atoms with E-state index in [1.165, 1.54) is 12.4 Å². The highest BCUT2D eigenvalue weighted by Gasteiger charge is 2.42. The Labute approximate surface area is 599 Å². The van der Waals surface area contributed by atoms with Crippen LogP contribution in [0.15, 0.2) is 164 Å². The SMILES string of the molecule is CC(C)(C)OC(=O)N1C[C@@H]2C[C@@H]1COc1cccc(c1)-c1cnc(N)c(n1)C(=O)Nc1ccccc1O2.CC(C)(C)OC(=O)N1C[C@H]2C[C@@H]1COc1cccc(c1)-c1cnc(N)c(n1)C(=O)Nc1ccccc1O2.Nc1ncc2nc1C(=O)Nc1ccccc1O[C@@H]1CN[C@@H](COc3cccc-2c3)C1. The molecule has 0 spiro atoms. The minimum Gasteiger partial charge on any atom is -0.492 e. The number of hydrogen-bond donors (Lipinski definition) is 7. The van der Waals surface area contributed by atoms with Crippen molar-refractivity contribution < 1.29 is 61.9 Å². The molecule has 9 aromatic rings. The van der Waals surface area contributed by atoms with Gasteiger partial charge in [0.2, 0.25) is 0 Å². The quantitative estimate of drug-likeness (QED) is 0.0741. The molecule has 0 aliphatic carbocycles. The zero-order valence-corrected chi connectivity index (χ0v) is 58.0. The van der Waals surface area contributed by atoms with Crippen LogP contribution in [0.4, 0.5) is 44.1 Å². The predicted molar refractivity (Wildman–Crippen MR) is 388 cm³/mol. The van der Waals surface area contributed by atoms with Crippen molar-refractivity contribution in [3.05, 3.63) is 181 Å². The monoisotopic (exact) mass is 1410 g/mol. The molecule has 6 aromatic carbocycles. The van der Waals surface area contributed by atoms with E-state index in [1.54, 1.807) is 58.5 Å². The van der Waals surface area contributed by atoms with Crippen molar-refractivity contribution in [2.24, 2.45) is 0 Å². The minimum absolute atomic E-state index is 0.00255. The molecule has 9 heterocycles. The van der Waals surface area contributed by atoms with Crippen molar-refractivity contribution in [1.29, 1.82) is 0 Å². The first kappa shape index (κ1) is 70.1. The van der Waals surface area contributed by atoms with Gasteiger partial charge in [0, 0.05) is 48.5 Å². The number of anilines is 6. The van der Waals surface area contributed by atoms with Gasteiger partial charge in [0.25, 0.3) is 17.7 Å². The Kier molecular flexibility index (Phi) is 20.3. The van der Waals surface area contributed by atoms with Gasteiger partial charge in [-0.2, -0.15) is 0 Å². The summed E-state index contributed by atoms with van der Waals surface area (Å²) in [6, 6.07) is 43.3. The van der Waals surface area contributed by atoms with Crippen molar-refractivity contribution in [3.8, 4) is 68.3 Å². The number of carbonyl (C=O) groups excluding carboxylic acids is 5. The molecule has 536 valence electrons. The topological polar surface area (TPSA) is 369 Å². The summed E-state index contributed by atoms with van der Waals surface area (Å²) in [7, 11) is 0. The Hall–Kier alpha value is -12.3. The Balaban J connectivity index is 0.000000139. The highest BCUT2D eigenvalue weighted by molar-refractivity contribution is 6.08. The number of nitrogens with zero attached hydrogens (tertiary/aromatic N) is 8. The first-order valence-corrected chi connectivity index (χ1v) is 34.0. The number of carbonyl (C=O) groups is 5. The van der Waals surface area contributed by atoms with Gasteiger partial charge in [-0.15, -0.1) is 0 Å². The van der Waals surface area contributed by atoms with Crippen LogP contribution in [0.25, 0.3) is 33.8 Å². The van der Waals surface area contributed by atoms with E-state index in [0.717, 1.165) is 17.7 Å². The normalized spacial score (nSPS) is 19.6. The summed E-state index contributed by atoms with van der Waals surface area (Å²) in [4.78, 5) is 94.6. The molecule has 104 heavy (non-hydrogen) atoms. The number of nitrogens with two attached hydrogens (primary N) is 3. The van der Waals surface area contributed by atoms with E-state index in [1.807, 2.05) is 145 Å². The van der Waals surface area contributed by atoms with Gasteiger partial charge in [-0.05, 0) is 114 Å². The van der Waals surface area contributed by atoms with E-state index in [4.69, 9.17) is 55.1 Å². The lowest BCUT2D eigenvalue weighted by Gasteiger charge is -2.28. The first-order chi connectivity index (χ1) is 50.0. The van der Waals surface area contributed by atoms with Crippen LogP contribution in [0.3, 0.4) is 0 Å². The third-order valence-corrected chi connectivity index (χ3v) is 17.2. The maximum Gasteiger partial charge on any atom is 0.410 e. The van der Waals surface area contributed by atoms with E-state index in [9.17, 15) is 24.0 Å². The molecular formula is C76H79N15O13. The molecule has 3 fully saturated rings. The second-order valence-corrected chi connectivity index (χ2v) is 27.4. The zero-order valence-electron chi connectivity index (χ0n) is 58.0. The summed E-state index contributed by atoms with van der Waals surface area (Å²) in [6.07, 6.45) is 4.87. The number of para-hydroxylation sites is 6. The second kappa shape index (κ2) is 30.1. The van der Waals surface area contributed by atoms with Crippen LogP contribution in [0.2, 0.25) is 0 Å². The van der Waals surface area contributed by atoms with Crippen LogP contribution in [-0.2, 0) is 9.47 Å². The number of likely N-dealkylation sites (tertiary alicyclic amines) is 2. The number of ether oxygens (including phenoxy) is 8. The summed E-state index contributed by atoms with van der Waals surface area (Å²) in [6.45, 7) is 13.3. The number of rotatable bonds is 0. The van der Waals surface area contributed by atoms with E-state index in [0.29, 0.717) is 113 Å². The smallest absolute Gasteiger partial charge is 0.410 e. The molecule has 5 amide bonds. The lowest BCUT2D eigenvalue weighted by Crippen LogP contribution is -2.42. The van der Waals surface area contributed by atoms with E-state index in [2.05, 4.69) is 51.2 Å². The fraction of sp³-hybridized carbons (Fsp3) is 0.303. The second-order valence-electron chi connectivity index (χ2n) is 27.4. The van der Waals surface area contributed by atoms with Crippen molar-refractivity contribution in [3.63, 3.8) is 0 Å². The summed E-state index contributed by atoms with van der Waals surface area (Å²) in [5, 5.41) is 12.0. The van der Waals surface area contributed by atoms with Crippen molar-refractivity contribution in [1.82, 2.24) is 45.0 Å². The fourth-order valence-corrected chi connectivity index (χ4v) is 12.4. The molecule has 0 radical (unpaired) electrons. The predicted octanol–water partition coefficient (Wildman–Crippen LogP) is 10.7. The molecule has 18 bridgehead atoms. The molecule has 10 N–H and O–H groups in total. The lowest BCUT2D eigenvalue weighted by atomic mass is 10.1. The van der Waals surface area contributed by atoms with Gasteiger partial charge in [0.05, 0.1) is 77.9 Å². The number of amides is 5. The lowest BCUT2D eigenvalue weighted by molar-refractivity contribution is 0.0167. The van der Waals surface area contributed by atoms with Crippen LogP contribution < -0.4 is 66.9 Å². The van der Waals surface area contributed by atoms with E-state index < -0.39 is 41.1 Å². The Morgan fingerprint density at radius 2 is 0.798 bits per heavy atom.